The van der Waals surface area contributed by atoms with Crippen molar-refractivity contribution in [3.05, 3.63) is 56.5 Å². The van der Waals surface area contributed by atoms with Gasteiger partial charge >= 0.3 is 12.1 Å². The van der Waals surface area contributed by atoms with Crippen LogP contribution in [0.25, 0.3) is 0 Å². The zero-order valence-electron chi connectivity index (χ0n) is 11.0. The lowest BCUT2D eigenvalue weighted by molar-refractivity contribution is -0.137. The summed E-state index contributed by atoms with van der Waals surface area (Å²) in [4.78, 5) is 11.0. The third-order valence-electron chi connectivity index (χ3n) is 2.75. The highest BCUT2D eigenvalue weighted by Crippen LogP contribution is 2.34. The maximum atomic E-state index is 12.8. The Morgan fingerprint density at radius 1 is 0.957 bits per heavy atom. The Morgan fingerprint density at radius 3 is 2.00 bits per heavy atom. The van der Waals surface area contributed by atoms with Gasteiger partial charge in [0.15, 0.2) is 0 Å². The number of hydrogen-bond acceptors (Lipinski definition) is 2. The molecule has 9 heteroatoms. The number of rotatable bonds is 3. The molecule has 0 aliphatic rings. The molecule has 2 aromatic rings. The van der Waals surface area contributed by atoms with Crippen molar-refractivity contribution in [1.29, 1.82) is 0 Å². The SMILES string of the molecule is O=C(O)c1cc(Br)cc(S(=O)c2cc(Br)cc(C(F)(F)F)c2)c1. The second kappa shape index (κ2) is 6.74. The molecule has 2 aromatic carbocycles. The minimum Gasteiger partial charge on any atom is -0.478 e. The summed E-state index contributed by atoms with van der Waals surface area (Å²) in [5.41, 5.74) is -1.06. The number of carbonyl (C=O) groups is 1. The fourth-order valence-corrected chi connectivity index (χ4v) is 4.26. The molecule has 0 saturated heterocycles. The highest BCUT2D eigenvalue weighted by molar-refractivity contribution is 9.10. The van der Waals surface area contributed by atoms with Crippen LogP contribution in [-0.2, 0) is 17.0 Å². The number of benzene rings is 2. The number of carboxylic acid groups (broad SMARTS) is 1. The molecule has 0 saturated carbocycles. The molecule has 0 bridgehead atoms. The summed E-state index contributed by atoms with van der Waals surface area (Å²) in [7, 11) is -1.96. The van der Waals surface area contributed by atoms with Gasteiger partial charge in [0.1, 0.15) is 0 Å². The van der Waals surface area contributed by atoms with E-state index in [4.69, 9.17) is 5.11 Å². The van der Waals surface area contributed by atoms with Crippen molar-refractivity contribution in [3.8, 4) is 0 Å². The normalized spacial score (nSPS) is 12.9. The van der Waals surface area contributed by atoms with Gasteiger partial charge in [-0.05, 0) is 36.4 Å². The Labute approximate surface area is 148 Å². The van der Waals surface area contributed by atoms with E-state index in [0.717, 1.165) is 18.2 Å². The Morgan fingerprint density at radius 2 is 1.48 bits per heavy atom. The molecule has 0 heterocycles. The lowest BCUT2D eigenvalue weighted by Crippen LogP contribution is -2.06. The summed E-state index contributed by atoms with van der Waals surface area (Å²) in [5.74, 6) is -1.23. The first-order valence-corrected chi connectivity index (χ1v) is 8.65. The van der Waals surface area contributed by atoms with E-state index in [1.54, 1.807) is 0 Å². The van der Waals surface area contributed by atoms with Gasteiger partial charge in [-0.3, -0.25) is 0 Å². The van der Waals surface area contributed by atoms with E-state index in [2.05, 4.69) is 31.9 Å². The molecule has 1 atom stereocenters. The van der Waals surface area contributed by atoms with Gasteiger partial charge in [0.2, 0.25) is 0 Å². The molecule has 0 spiro atoms. The minimum absolute atomic E-state index is 0.0823. The molecule has 122 valence electrons. The van der Waals surface area contributed by atoms with Crippen LogP contribution in [0.2, 0.25) is 0 Å². The van der Waals surface area contributed by atoms with Gasteiger partial charge in [0.25, 0.3) is 0 Å². The van der Waals surface area contributed by atoms with Crippen LogP contribution in [0.3, 0.4) is 0 Å². The van der Waals surface area contributed by atoms with Crippen molar-refractivity contribution >= 4 is 48.6 Å². The quantitative estimate of drug-likeness (QED) is 0.677. The van der Waals surface area contributed by atoms with Crippen molar-refractivity contribution in [2.24, 2.45) is 0 Å². The summed E-state index contributed by atoms with van der Waals surface area (Å²) in [6.07, 6.45) is -4.58. The van der Waals surface area contributed by atoms with E-state index in [-0.39, 0.29) is 19.8 Å². The molecular formula is C14H7Br2F3O3S. The van der Waals surface area contributed by atoms with Gasteiger partial charge in [-0.15, -0.1) is 0 Å². The second-order valence-electron chi connectivity index (χ2n) is 4.42. The smallest absolute Gasteiger partial charge is 0.416 e. The van der Waals surface area contributed by atoms with Gasteiger partial charge in [0.05, 0.1) is 21.9 Å². The number of halogens is 5. The Kier molecular flexibility index (Phi) is 5.32. The molecular weight excluding hydrogens is 465 g/mol. The summed E-state index contributed by atoms with van der Waals surface area (Å²) >= 11 is 6.06. The predicted molar refractivity (Wildman–Crippen MR) is 84.9 cm³/mol. The standard InChI is InChI=1S/C14H7Br2F3O3S/c15-9-1-7(13(20)21)2-11(5-9)23(22)12-4-8(14(17,18)19)3-10(16)6-12/h1-6H,(H,20,21). The molecule has 0 aliphatic carbocycles. The predicted octanol–water partition coefficient (Wildman–Crippen LogP) is 5.10. The molecule has 0 fully saturated rings. The first-order valence-electron chi connectivity index (χ1n) is 5.91. The molecule has 2 rings (SSSR count). The van der Waals surface area contributed by atoms with Crippen LogP contribution in [0.4, 0.5) is 13.2 Å². The van der Waals surface area contributed by atoms with Crippen LogP contribution in [0.5, 0.6) is 0 Å². The molecule has 3 nitrogen and oxygen atoms in total. The number of hydrogen-bond donors (Lipinski definition) is 1. The van der Waals surface area contributed by atoms with Crippen LogP contribution >= 0.6 is 31.9 Å². The Bertz CT molecular complexity index is 806. The molecule has 23 heavy (non-hydrogen) atoms. The summed E-state index contributed by atoms with van der Waals surface area (Å²) in [5, 5.41) is 9.00. The first-order chi connectivity index (χ1) is 10.6. The van der Waals surface area contributed by atoms with Crippen LogP contribution in [0.15, 0.2) is 55.1 Å². The van der Waals surface area contributed by atoms with Gasteiger partial charge in [-0.2, -0.15) is 13.2 Å². The van der Waals surface area contributed by atoms with Crippen molar-refractivity contribution in [1.82, 2.24) is 0 Å². The van der Waals surface area contributed by atoms with Gasteiger partial charge in [-0.1, -0.05) is 31.9 Å². The topological polar surface area (TPSA) is 54.4 Å². The van der Waals surface area contributed by atoms with Gasteiger partial charge in [0, 0.05) is 18.7 Å². The van der Waals surface area contributed by atoms with Crippen LogP contribution in [-0.4, -0.2) is 15.3 Å². The first kappa shape index (κ1) is 18.2. The fourth-order valence-electron chi connectivity index (χ4n) is 1.76. The Hall–Kier alpha value is -1.19. The maximum absolute atomic E-state index is 12.8. The van der Waals surface area contributed by atoms with E-state index in [0.29, 0.717) is 4.47 Å². The highest BCUT2D eigenvalue weighted by Gasteiger charge is 2.31. The number of aromatic carboxylic acids is 1. The van der Waals surface area contributed by atoms with Crippen molar-refractivity contribution < 1.29 is 27.3 Å². The highest BCUT2D eigenvalue weighted by atomic mass is 79.9. The molecule has 0 radical (unpaired) electrons. The summed E-state index contributed by atoms with van der Waals surface area (Å²) < 4.78 is 51.5. The third kappa shape index (κ3) is 4.42. The molecule has 0 aromatic heterocycles. The van der Waals surface area contributed by atoms with E-state index >= 15 is 0 Å². The third-order valence-corrected chi connectivity index (χ3v) is 4.99. The van der Waals surface area contributed by atoms with Crippen LogP contribution in [0.1, 0.15) is 15.9 Å². The lowest BCUT2D eigenvalue weighted by atomic mass is 10.2. The van der Waals surface area contributed by atoms with Crippen molar-refractivity contribution in [3.63, 3.8) is 0 Å². The summed E-state index contributed by atoms with van der Waals surface area (Å²) in [6, 6.07) is 6.83. The van der Waals surface area contributed by atoms with Crippen LogP contribution in [0, 0.1) is 0 Å². The van der Waals surface area contributed by atoms with E-state index in [1.807, 2.05) is 0 Å². The van der Waals surface area contributed by atoms with Crippen LogP contribution < -0.4 is 0 Å². The van der Waals surface area contributed by atoms with Crippen molar-refractivity contribution in [2.45, 2.75) is 16.0 Å². The molecule has 0 aliphatic heterocycles. The summed E-state index contributed by atoms with van der Waals surface area (Å²) in [6.45, 7) is 0. The van der Waals surface area contributed by atoms with Gasteiger partial charge < -0.3 is 5.11 Å². The average Bonchev–Trinajstić information content (AvgIpc) is 2.44. The van der Waals surface area contributed by atoms with E-state index in [1.165, 1.54) is 18.2 Å². The monoisotopic (exact) mass is 470 g/mol. The minimum atomic E-state index is -4.58. The number of alkyl halides is 3. The number of carboxylic acids is 1. The largest absolute Gasteiger partial charge is 0.478 e. The fraction of sp³-hybridized carbons (Fsp3) is 0.0714. The van der Waals surface area contributed by atoms with Crippen molar-refractivity contribution in [2.75, 3.05) is 0 Å². The Balaban J connectivity index is 2.53. The average molecular weight is 472 g/mol. The zero-order chi connectivity index (χ0) is 17.4. The van der Waals surface area contributed by atoms with E-state index < -0.39 is 28.5 Å². The molecule has 1 unspecified atom stereocenters. The maximum Gasteiger partial charge on any atom is 0.416 e. The lowest BCUT2D eigenvalue weighted by Gasteiger charge is -2.10. The molecule has 1 N–H and O–H groups in total. The van der Waals surface area contributed by atoms with E-state index in [9.17, 15) is 22.2 Å². The molecule has 0 amide bonds. The van der Waals surface area contributed by atoms with Gasteiger partial charge in [-0.25, -0.2) is 9.00 Å². The second-order valence-corrected chi connectivity index (χ2v) is 7.73. The zero-order valence-corrected chi connectivity index (χ0v) is 15.0.